The molecule has 0 aliphatic heterocycles. The molecule has 0 saturated carbocycles. The Balaban J connectivity index is 0.000000810. The van der Waals surface area contributed by atoms with E-state index in [1.807, 2.05) is 0 Å². The fourth-order valence-corrected chi connectivity index (χ4v) is 0.509. The monoisotopic (exact) mass is 150 g/mol. The number of hydrogen-bond acceptors (Lipinski definition) is 4. The van der Waals surface area contributed by atoms with Crippen LogP contribution in [0.15, 0.2) is 4.42 Å². The van der Waals surface area contributed by atoms with Crippen molar-refractivity contribution in [1.82, 2.24) is 4.98 Å². The number of aromatic hydroxyl groups is 1. The average molecular weight is 150 g/mol. The number of carbonyl (C=O) groups excluding carboxylic acids is 1. The van der Waals surface area contributed by atoms with Gasteiger partial charge >= 0.3 is 35.5 Å². The summed E-state index contributed by atoms with van der Waals surface area (Å²) in [7, 11) is 0. The molecule has 0 spiro atoms. The summed E-state index contributed by atoms with van der Waals surface area (Å²) in [5.41, 5.74) is -0.0486. The molecule has 1 N–H and O–H groups in total. The van der Waals surface area contributed by atoms with Crippen LogP contribution in [0.2, 0.25) is 0 Å². The van der Waals surface area contributed by atoms with E-state index in [1.54, 1.807) is 6.92 Å². The van der Waals surface area contributed by atoms with E-state index in [9.17, 15) is 4.79 Å². The van der Waals surface area contributed by atoms with Gasteiger partial charge in [0.1, 0.15) is 0 Å². The van der Waals surface area contributed by atoms with Crippen molar-refractivity contribution in [2.75, 3.05) is 0 Å². The average Bonchev–Trinajstić information content (AvgIpc) is 2.10. The number of carbonyl (C=O) groups is 1. The van der Waals surface area contributed by atoms with E-state index in [0.29, 0.717) is 6.29 Å². The van der Waals surface area contributed by atoms with Crippen molar-refractivity contribution >= 4 is 6.29 Å². The summed E-state index contributed by atoms with van der Waals surface area (Å²) < 4.78 is 4.52. The van der Waals surface area contributed by atoms with Crippen LogP contribution in [0.4, 0.5) is 0 Å². The molecule has 0 amide bonds. The van der Waals surface area contributed by atoms with Gasteiger partial charge in [-0.1, -0.05) is 0 Å². The summed E-state index contributed by atoms with van der Waals surface area (Å²) in [4.78, 5) is 13.5. The number of nitrogens with zero attached hydrogens (tertiary/aromatic N) is 1. The molecule has 0 aliphatic carbocycles. The van der Waals surface area contributed by atoms with E-state index in [4.69, 9.17) is 5.11 Å². The second-order valence-electron chi connectivity index (χ2n) is 1.54. The zero-order chi connectivity index (χ0) is 6.85. The minimum Gasteiger partial charge on any atom is -0.479 e. The van der Waals surface area contributed by atoms with Gasteiger partial charge in [-0.15, -0.1) is 0 Å². The van der Waals surface area contributed by atoms with Gasteiger partial charge in [-0.3, -0.25) is 4.79 Å². The Morgan fingerprint density at radius 1 is 1.70 bits per heavy atom. The molecular weight excluding hydrogens is 145 g/mol. The Hall–Kier alpha value is -0.320. The Morgan fingerprint density at radius 2 is 2.30 bits per heavy atom. The van der Waals surface area contributed by atoms with Crippen molar-refractivity contribution in [1.29, 1.82) is 0 Å². The molecule has 10 heavy (non-hydrogen) atoms. The number of aldehydes is 1. The van der Waals surface area contributed by atoms with Gasteiger partial charge in [-0.25, -0.2) is 4.98 Å². The summed E-state index contributed by atoms with van der Waals surface area (Å²) in [6.07, 6.45) is 0.436. The normalized spacial score (nSPS) is 8.50. The number of aromatic nitrogens is 1. The summed E-state index contributed by atoms with van der Waals surface area (Å²) in [6, 6.07) is 0. The number of hydrogen-bond donors (Lipinski definition) is 1. The Morgan fingerprint density at radius 3 is 2.50 bits per heavy atom. The molecule has 1 aromatic heterocycles. The minimum absolute atomic E-state index is 0. The molecule has 0 aliphatic rings. The van der Waals surface area contributed by atoms with Crippen molar-refractivity contribution in [2.45, 2.75) is 6.92 Å². The fraction of sp³-hybridized carbons (Fsp3) is 0.200. The third kappa shape index (κ3) is 1.83. The van der Waals surface area contributed by atoms with Gasteiger partial charge in [-0.05, 0) is 0 Å². The first-order chi connectivity index (χ1) is 4.24. The second-order valence-corrected chi connectivity index (χ2v) is 1.54. The molecule has 0 unspecified atom stereocenters. The van der Waals surface area contributed by atoms with Crippen molar-refractivity contribution in [3.05, 3.63) is 11.6 Å². The van der Waals surface area contributed by atoms with Gasteiger partial charge in [0.2, 0.25) is 0 Å². The van der Waals surface area contributed by atoms with E-state index in [0.717, 1.165) is 0 Å². The van der Waals surface area contributed by atoms with Crippen LogP contribution >= 0.6 is 0 Å². The van der Waals surface area contributed by atoms with E-state index < -0.39 is 5.95 Å². The zero-order valence-electron chi connectivity index (χ0n) is 5.79. The molecule has 0 fully saturated rings. The third-order valence-electron chi connectivity index (χ3n) is 0.853. The van der Waals surface area contributed by atoms with Crippen LogP contribution < -0.4 is 29.6 Å². The van der Waals surface area contributed by atoms with Gasteiger partial charge < -0.3 is 9.52 Å². The summed E-state index contributed by atoms with van der Waals surface area (Å²) in [5.74, 6) is -0.128. The van der Waals surface area contributed by atoms with Crippen LogP contribution in [-0.2, 0) is 0 Å². The maximum Gasteiger partial charge on any atom is 1.00 e. The second kappa shape index (κ2) is 3.75. The predicted molar refractivity (Wildman–Crippen MR) is 28.3 cm³/mol. The van der Waals surface area contributed by atoms with Crippen molar-refractivity contribution in [3.8, 4) is 5.95 Å². The minimum atomic E-state index is -0.414. The van der Waals surface area contributed by atoms with Crippen LogP contribution in [0, 0.1) is 6.92 Å². The molecule has 0 radical (unpaired) electrons. The third-order valence-corrected chi connectivity index (χ3v) is 0.853. The summed E-state index contributed by atoms with van der Waals surface area (Å²) in [5, 5.41) is 8.67. The molecule has 4 nitrogen and oxygen atoms in total. The summed E-state index contributed by atoms with van der Waals surface area (Å²) >= 11 is 0. The first-order valence-corrected chi connectivity index (χ1v) is 2.35. The van der Waals surface area contributed by atoms with Gasteiger partial charge in [0, 0.05) is 6.92 Å². The number of aryl methyl sites for hydroxylation is 1. The molecular formula is C5H5NNaO3+. The first-order valence-electron chi connectivity index (χ1n) is 2.35. The van der Waals surface area contributed by atoms with Gasteiger partial charge in [0.15, 0.2) is 17.9 Å². The van der Waals surface area contributed by atoms with Crippen molar-refractivity contribution in [3.63, 3.8) is 0 Å². The molecule has 0 bridgehead atoms. The molecule has 1 heterocycles. The fourth-order valence-electron chi connectivity index (χ4n) is 0.509. The largest absolute Gasteiger partial charge is 1.00 e. The van der Waals surface area contributed by atoms with E-state index in [-0.39, 0.29) is 41.1 Å². The van der Waals surface area contributed by atoms with Gasteiger partial charge in [0.25, 0.3) is 0 Å². The van der Waals surface area contributed by atoms with E-state index in [1.165, 1.54) is 0 Å². The molecule has 0 saturated heterocycles. The molecule has 48 valence electrons. The molecule has 0 aromatic carbocycles. The van der Waals surface area contributed by atoms with Crippen LogP contribution in [0.1, 0.15) is 16.4 Å². The van der Waals surface area contributed by atoms with Crippen LogP contribution in [0.3, 0.4) is 0 Å². The van der Waals surface area contributed by atoms with Gasteiger partial charge in [-0.2, -0.15) is 0 Å². The van der Waals surface area contributed by atoms with Crippen molar-refractivity contribution in [2.24, 2.45) is 0 Å². The first kappa shape index (κ1) is 9.68. The molecule has 1 aromatic rings. The van der Waals surface area contributed by atoms with E-state index >= 15 is 0 Å². The molecule has 0 atom stereocenters. The standard InChI is InChI=1S/C5H5NO3.Na/c1-3-6-4(2-7)5(8)9-3;/h2,8H,1H3;/q;+1. The maximum atomic E-state index is 9.96. The quantitative estimate of drug-likeness (QED) is 0.355. The van der Waals surface area contributed by atoms with Crippen LogP contribution in [0.5, 0.6) is 5.95 Å². The smallest absolute Gasteiger partial charge is 0.479 e. The Labute approximate surface area is 79.5 Å². The van der Waals surface area contributed by atoms with Crippen molar-refractivity contribution < 1.29 is 43.9 Å². The topological polar surface area (TPSA) is 63.3 Å². The van der Waals surface area contributed by atoms with Gasteiger partial charge in [0.05, 0.1) is 0 Å². The van der Waals surface area contributed by atoms with E-state index in [2.05, 4.69) is 9.40 Å². The molecule has 5 heteroatoms. The molecule has 1 rings (SSSR count). The predicted octanol–water partition coefficient (Wildman–Crippen LogP) is -2.49. The van der Waals surface area contributed by atoms with Crippen LogP contribution in [0.25, 0.3) is 0 Å². The Bertz CT molecular complexity index is 233. The number of oxazole rings is 1. The SMILES string of the molecule is Cc1nc(C=O)c(O)o1.[Na+]. The van der Waals surface area contributed by atoms with Crippen LogP contribution in [-0.4, -0.2) is 16.4 Å². The zero-order valence-corrected chi connectivity index (χ0v) is 7.79. The maximum absolute atomic E-state index is 9.96. The Kier molecular flexibility index (Phi) is 3.63. The summed E-state index contributed by atoms with van der Waals surface area (Å²) in [6.45, 7) is 1.55. The number of rotatable bonds is 1.